The maximum atomic E-state index is 12.4. The van der Waals surface area contributed by atoms with Gasteiger partial charge in [0.15, 0.2) is 6.61 Å². The smallest absolute Gasteiger partial charge is 0.343 e. The van der Waals surface area contributed by atoms with Crippen LogP contribution in [0.4, 0.5) is 0 Å². The summed E-state index contributed by atoms with van der Waals surface area (Å²) in [6, 6.07) is 7.04. The predicted molar refractivity (Wildman–Crippen MR) is 96.9 cm³/mol. The number of rotatable bonds is 9. The molecule has 0 heterocycles. The number of hydrogen-bond donors (Lipinski definition) is 0. The van der Waals surface area contributed by atoms with Gasteiger partial charge in [-0.25, -0.2) is 4.79 Å². The summed E-state index contributed by atoms with van der Waals surface area (Å²) < 4.78 is 15.3. The highest BCUT2D eigenvalue weighted by Gasteiger charge is 2.27. The van der Waals surface area contributed by atoms with Crippen LogP contribution in [-0.2, 0) is 30.3 Å². The molecule has 0 aromatic heterocycles. The Labute approximate surface area is 154 Å². The average Bonchev–Trinajstić information content (AvgIpc) is 2.58. The zero-order chi connectivity index (χ0) is 19.7. The highest BCUT2D eigenvalue weighted by atomic mass is 16.6. The van der Waals surface area contributed by atoms with E-state index in [2.05, 4.69) is 4.74 Å². The molecule has 1 aromatic carbocycles. The van der Waals surface area contributed by atoms with Crippen molar-refractivity contribution in [2.45, 2.75) is 52.6 Å². The molecule has 26 heavy (non-hydrogen) atoms. The van der Waals surface area contributed by atoms with Crippen LogP contribution in [0.2, 0.25) is 0 Å². The quantitative estimate of drug-likeness (QED) is 0.627. The van der Waals surface area contributed by atoms with Gasteiger partial charge in [-0.3, -0.25) is 9.59 Å². The Morgan fingerprint density at radius 1 is 1.08 bits per heavy atom. The molecule has 0 aliphatic rings. The minimum absolute atomic E-state index is 0.0268. The third-order valence-electron chi connectivity index (χ3n) is 3.60. The van der Waals surface area contributed by atoms with Crippen molar-refractivity contribution in [3.63, 3.8) is 0 Å². The highest BCUT2D eigenvalue weighted by Crippen LogP contribution is 2.21. The number of methoxy groups -OCH3 is 1. The van der Waals surface area contributed by atoms with Gasteiger partial charge in [0.2, 0.25) is 0 Å². The summed E-state index contributed by atoms with van der Waals surface area (Å²) in [5.41, 5.74) is 0.283. The van der Waals surface area contributed by atoms with Crippen LogP contribution in [0.5, 0.6) is 5.75 Å². The van der Waals surface area contributed by atoms with Gasteiger partial charge in [0.1, 0.15) is 17.1 Å². The Kier molecular flexibility index (Phi) is 8.29. The van der Waals surface area contributed by atoms with E-state index in [-0.39, 0.29) is 24.8 Å². The molecule has 0 amide bonds. The molecule has 0 aliphatic carbocycles. The number of carbonyl (C=O) groups excluding carboxylic acids is 3. The fraction of sp³-hybridized carbons (Fsp3) is 0.550. The summed E-state index contributed by atoms with van der Waals surface area (Å²) in [5.74, 6) is -0.803. The van der Waals surface area contributed by atoms with Crippen LogP contribution in [0.15, 0.2) is 24.3 Å². The van der Waals surface area contributed by atoms with Gasteiger partial charge >= 0.3 is 11.9 Å². The molecule has 6 heteroatoms. The van der Waals surface area contributed by atoms with Crippen molar-refractivity contribution in [1.82, 2.24) is 0 Å². The van der Waals surface area contributed by atoms with Crippen LogP contribution in [-0.4, -0.2) is 37.0 Å². The van der Waals surface area contributed by atoms with Crippen molar-refractivity contribution < 1.29 is 28.6 Å². The second-order valence-electron chi connectivity index (χ2n) is 7.04. The van der Waals surface area contributed by atoms with Crippen molar-refractivity contribution >= 4 is 17.7 Å². The minimum Gasteiger partial charge on any atom is -0.482 e. The summed E-state index contributed by atoms with van der Waals surface area (Å²) in [7, 11) is 1.29. The lowest BCUT2D eigenvalue weighted by Crippen LogP contribution is -2.31. The SMILES string of the molecule is CCC(=O)C[C@@H](Cc1ccc(OCC(=O)OC)cc1)C(=O)OC(C)(C)C. The first-order chi connectivity index (χ1) is 12.1. The van der Waals surface area contributed by atoms with Gasteiger partial charge in [-0.15, -0.1) is 0 Å². The Hall–Kier alpha value is -2.37. The molecule has 0 fully saturated rings. The Bertz CT molecular complexity index is 612. The number of ketones is 1. The summed E-state index contributed by atoms with van der Waals surface area (Å²) >= 11 is 0. The van der Waals surface area contributed by atoms with Gasteiger partial charge in [-0.1, -0.05) is 19.1 Å². The molecule has 0 unspecified atom stereocenters. The van der Waals surface area contributed by atoms with Gasteiger partial charge in [0.25, 0.3) is 0 Å². The number of carbonyl (C=O) groups is 3. The third-order valence-corrected chi connectivity index (χ3v) is 3.60. The van der Waals surface area contributed by atoms with Crippen LogP contribution in [0, 0.1) is 5.92 Å². The lowest BCUT2D eigenvalue weighted by Gasteiger charge is -2.24. The van der Waals surface area contributed by atoms with E-state index in [4.69, 9.17) is 9.47 Å². The van der Waals surface area contributed by atoms with Gasteiger partial charge in [-0.2, -0.15) is 0 Å². The molecule has 1 rings (SSSR count). The first-order valence-electron chi connectivity index (χ1n) is 8.67. The van der Waals surface area contributed by atoms with Crippen molar-refractivity contribution in [3.05, 3.63) is 29.8 Å². The van der Waals surface area contributed by atoms with E-state index in [1.54, 1.807) is 52.0 Å². The monoisotopic (exact) mass is 364 g/mol. The van der Waals surface area contributed by atoms with E-state index in [1.165, 1.54) is 7.11 Å². The lowest BCUT2D eigenvalue weighted by atomic mass is 9.93. The van der Waals surface area contributed by atoms with Gasteiger partial charge in [-0.05, 0) is 44.9 Å². The van der Waals surface area contributed by atoms with Gasteiger partial charge in [0, 0.05) is 12.8 Å². The molecule has 0 N–H and O–H groups in total. The predicted octanol–water partition coefficient (Wildman–Crippen LogP) is 3.11. The van der Waals surface area contributed by atoms with E-state index in [9.17, 15) is 14.4 Å². The third kappa shape index (κ3) is 8.14. The van der Waals surface area contributed by atoms with Crippen molar-refractivity contribution in [1.29, 1.82) is 0 Å². The molecule has 0 spiro atoms. The molecule has 1 aromatic rings. The van der Waals surface area contributed by atoms with E-state index >= 15 is 0 Å². The second-order valence-corrected chi connectivity index (χ2v) is 7.04. The fourth-order valence-electron chi connectivity index (χ4n) is 2.25. The first kappa shape index (κ1) is 21.7. The number of hydrogen-bond acceptors (Lipinski definition) is 6. The van der Waals surface area contributed by atoms with Crippen LogP contribution in [0.25, 0.3) is 0 Å². The summed E-state index contributed by atoms with van der Waals surface area (Å²) in [4.78, 5) is 35.4. The minimum atomic E-state index is -0.601. The molecular weight excluding hydrogens is 336 g/mol. The fourth-order valence-corrected chi connectivity index (χ4v) is 2.25. The Balaban J connectivity index is 2.78. The largest absolute Gasteiger partial charge is 0.482 e. The van der Waals surface area contributed by atoms with Gasteiger partial charge in [0.05, 0.1) is 13.0 Å². The molecule has 0 aliphatic heterocycles. The van der Waals surface area contributed by atoms with Crippen LogP contribution in [0.1, 0.15) is 46.1 Å². The second kappa shape index (κ2) is 9.94. The maximum absolute atomic E-state index is 12.4. The molecule has 6 nitrogen and oxygen atoms in total. The van der Waals surface area contributed by atoms with Crippen molar-refractivity contribution in [3.8, 4) is 5.75 Å². The molecule has 0 saturated carbocycles. The zero-order valence-electron chi connectivity index (χ0n) is 16.2. The average molecular weight is 364 g/mol. The molecular formula is C20H28O6. The Morgan fingerprint density at radius 3 is 2.19 bits per heavy atom. The topological polar surface area (TPSA) is 78.9 Å². The van der Waals surface area contributed by atoms with E-state index in [0.29, 0.717) is 18.6 Å². The summed E-state index contributed by atoms with van der Waals surface area (Å²) in [6.07, 6.45) is 0.948. The van der Waals surface area contributed by atoms with Gasteiger partial charge < -0.3 is 14.2 Å². The van der Waals surface area contributed by atoms with Crippen LogP contribution < -0.4 is 4.74 Å². The van der Waals surface area contributed by atoms with E-state index in [0.717, 1.165) is 5.56 Å². The summed E-state index contributed by atoms with van der Waals surface area (Å²) in [5, 5.41) is 0. The summed E-state index contributed by atoms with van der Waals surface area (Å²) in [6.45, 7) is 7.02. The normalized spacial score (nSPS) is 12.2. The molecule has 0 saturated heterocycles. The first-order valence-corrected chi connectivity index (χ1v) is 8.67. The van der Waals surface area contributed by atoms with Crippen molar-refractivity contribution in [2.75, 3.05) is 13.7 Å². The molecule has 0 radical (unpaired) electrons. The number of benzene rings is 1. The molecule has 0 bridgehead atoms. The van der Waals surface area contributed by atoms with Crippen LogP contribution >= 0.6 is 0 Å². The number of esters is 2. The molecule has 144 valence electrons. The maximum Gasteiger partial charge on any atom is 0.343 e. The number of ether oxygens (including phenoxy) is 3. The van der Waals surface area contributed by atoms with E-state index in [1.807, 2.05) is 0 Å². The highest BCUT2D eigenvalue weighted by molar-refractivity contribution is 5.84. The number of Topliss-reactive ketones (excluding diaryl/α,β-unsaturated/α-hetero) is 1. The molecule has 1 atom stereocenters. The zero-order valence-corrected chi connectivity index (χ0v) is 16.2. The van der Waals surface area contributed by atoms with Crippen LogP contribution in [0.3, 0.4) is 0 Å². The van der Waals surface area contributed by atoms with E-state index < -0.39 is 17.5 Å². The van der Waals surface area contributed by atoms with Crippen molar-refractivity contribution in [2.24, 2.45) is 5.92 Å². The lowest BCUT2D eigenvalue weighted by molar-refractivity contribution is -0.161. The Morgan fingerprint density at radius 2 is 1.69 bits per heavy atom. The standard InChI is InChI=1S/C20H28O6/c1-6-16(21)12-15(19(23)26-20(2,3)4)11-14-7-9-17(10-8-14)25-13-18(22)24-5/h7-10,15H,6,11-13H2,1-5H3/t15-/m1/s1.